The Morgan fingerprint density at radius 1 is 1.38 bits per heavy atom. The topological polar surface area (TPSA) is 55.1 Å². The van der Waals surface area contributed by atoms with Crippen LogP contribution in [0.4, 0.5) is 11.4 Å². The normalized spacial score (nSPS) is 19.4. The van der Waals surface area contributed by atoms with Gasteiger partial charge >= 0.3 is 0 Å². The molecule has 0 radical (unpaired) electrons. The Hall–Kier alpha value is -1.77. The van der Waals surface area contributed by atoms with E-state index < -0.39 is 0 Å². The zero-order valence-electron chi connectivity index (χ0n) is 9.15. The smallest absolute Gasteiger partial charge is 0.227 e. The van der Waals surface area contributed by atoms with Gasteiger partial charge in [0, 0.05) is 17.3 Å². The van der Waals surface area contributed by atoms with Crippen LogP contribution in [-0.2, 0) is 4.79 Å². The van der Waals surface area contributed by atoms with Gasteiger partial charge in [-0.05, 0) is 37.5 Å². The molecule has 1 aromatic carbocycles. The lowest BCUT2D eigenvalue weighted by Crippen LogP contribution is -2.23. The molecule has 0 aromatic heterocycles. The first-order valence-corrected chi connectivity index (χ1v) is 5.57. The third kappa shape index (κ3) is 2.63. The van der Waals surface area contributed by atoms with Crippen molar-refractivity contribution in [3.8, 4) is 0 Å². The van der Waals surface area contributed by atoms with Gasteiger partial charge in [-0.2, -0.15) is 0 Å². The minimum atomic E-state index is 0.0925. The van der Waals surface area contributed by atoms with Gasteiger partial charge in [-0.3, -0.25) is 4.79 Å². The van der Waals surface area contributed by atoms with Gasteiger partial charge in [0.15, 0.2) is 0 Å². The lowest BCUT2D eigenvalue weighted by molar-refractivity contribution is -0.120. The number of benzene rings is 1. The number of nitrogen functional groups attached to an aromatic ring is 1. The molecule has 1 unspecified atom stereocenters. The molecule has 0 heterocycles. The van der Waals surface area contributed by atoms with Gasteiger partial charge in [0.05, 0.1) is 0 Å². The van der Waals surface area contributed by atoms with Crippen LogP contribution in [0.2, 0.25) is 0 Å². The van der Waals surface area contributed by atoms with Crippen molar-refractivity contribution < 1.29 is 4.79 Å². The standard InChI is InChI=1S/C13H16N2O/c14-11-7-4-8-12(9-11)15-13(16)10-5-2-1-3-6-10/h1-2,4,7-10H,3,5-6,14H2,(H,15,16). The van der Waals surface area contributed by atoms with Gasteiger partial charge in [0.2, 0.25) is 5.91 Å². The molecule has 0 bridgehead atoms. The summed E-state index contributed by atoms with van der Waals surface area (Å²) in [5, 5.41) is 2.90. The van der Waals surface area contributed by atoms with E-state index in [0.29, 0.717) is 5.69 Å². The SMILES string of the molecule is Nc1cccc(NC(=O)C2CC=CCC2)c1. The predicted octanol–water partition coefficient (Wildman–Crippen LogP) is 2.56. The molecule has 0 spiro atoms. The van der Waals surface area contributed by atoms with Crippen LogP contribution in [0, 0.1) is 5.92 Å². The largest absolute Gasteiger partial charge is 0.399 e. The second-order valence-corrected chi connectivity index (χ2v) is 4.10. The van der Waals surface area contributed by atoms with Gasteiger partial charge in [0.1, 0.15) is 0 Å². The summed E-state index contributed by atoms with van der Waals surface area (Å²) in [6, 6.07) is 7.27. The van der Waals surface area contributed by atoms with Crippen molar-refractivity contribution in [2.75, 3.05) is 11.1 Å². The summed E-state index contributed by atoms with van der Waals surface area (Å²) in [5.41, 5.74) is 7.10. The van der Waals surface area contributed by atoms with Crippen molar-refractivity contribution in [2.24, 2.45) is 5.92 Å². The average Bonchev–Trinajstić information content (AvgIpc) is 2.30. The molecule has 3 heteroatoms. The molecular formula is C13H16N2O. The fraction of sp³-hybridized carbons (Fsp3) is 0.308. The van der Waals surface area contributed by atoms with Gasteiger partial charge in [0.25, 0.3) is 0 Å². The molecule has 0 saturated heterocycles. The van der Waals surface area contributed by atoms with Crippen LogP contribution in [0.3, 0.4) is 0 Å². The van der Waals surface area contributed by atoms with Crippen LogP contribution in [0.25, 0.3) is 0 Å². The van der Waals surface area contributed by atoms with E-state index in [-0.39, 0.29) is 11.8 Å². The fourth-order valence-corrected chi connectivity index (χ4v) is 1.89. The molecule has 0 aliphatic heterocycles. The molecular weight excluding hydrogens is 200 g/mol. The quantitative estimate of drug-likeness (QED) is 0.589. The number of carbonyl (C=O) groups excluding carboxylic acids is 1. The first-order valence-electron chi connectivity index (χ1n) is 5.57. The lowest BCUT2D eigenvalue weighted by Gasteiger charge is -2.17. The van der Waals surface area contributed by atoms with Crippen molar-refractivity contribution in [2.45, 2.75) is 19.3 Å². The first-order chi connectivity index (χ1) is 7.75. The maximum absolute atomic E-state index is 11.9. The van der Waals surface area contributed by atoms with E-state index in [0.717, 1.165) is 24.9 Å². The Balaban J connectivity index is 1.99. The number of rotatable bonds is 2. The average molecular weight is 216 g/mol. The van der Waals surface area contributed by atoms with Gasteiger partial charge in [-0.25, -0.2) is 0 Å². The maximum Gasteiger partial charge on any atom is 0.227 e. The number of anilines is 2. The van der Waals surface area contributed by atoms with Crippen molar-refractivity contribution >= 4 is 17.3 Å². The molecule has 1 amide bonds. The van der Waals surface area contributed by atoms with Crippen LogP contribution >= 0.6 is 0 Å². The second kappa shape index (κ2) is 4.84. The highest BCUT2D eigenvalue weighted by molar-refractivity contribution is 5.93. The minimum Gasteiger partial charge on any atom is -0.399 e. The Labute approximate surface area is 95.3 Å². The van der Waals surface area contributed by atoms with E-state index in [2.05, 4.69) is 17.5 Å². The van der Waals surface area contributed by atoms with Crippen molar-refractivity contribution in [1.82, 2.24) is 0 Å². The van der Waals surface area contributed by atoms with E-state index in [1.165, 1.54) is 0 Å². The number of carbonyl (C=O) groups is 1. The summed E-state index contributed by atoms with van der Waals surface area (Å²) >= 11 is 0. The zero-order chi connectivity index (χ0) is 11.4. The second-order valence-electron chi connectivity index (χ2n) is 4.10. The van der Waals surface area contributed by atoms with Crippen molar-refractivity contribution in [3.63, 3.8) is 0 Å². The van der Waals surface area contributed by atoms with Gasteiger partial charge in [-0.15, -0.1) is 0 Å². The summed E-state index contributed by atoms with van der Waals surface area (Å²) in [6.07, 6.45) is 6.98. The van der Waals surface area contributed by atoms with E-state index in [4.69, 9.17) is 5.73 Å². The summed E-state index contributed by atoms with van der Waals surface area (Å²) in [7, 11) is 0. The molecule has 0 fully saturated rings. The van der Waals surface area contributed by atoms with Gasteiger partial charge in [-0.1, -0.05) is 18.2 Å². The van der Waals surface area contributed by atoms with E-state index in [1.54, 1.807) is 12.1 Å². The number of hydrogen-bond acceptors (Lipinski definition) is 2. The zero-order valence-corrected chi connectivity index (χ0v) is 9.15. The molecule has 1 aliphatic rings. The first kappa shape index (κ1) is 10.7. The summed E-state index contributed by atoms with van der Waals surface area (Å²) in [4.78, 5) is 11.9. The van der Waals surface area contributed by atoms with E-state index in [9.17, 15) is 4.79 Å². The molecule has 3 N–H and O–H groups in total. The number of hydrogen-bond donors (Lipinski definition) is 2. The van der Waals surface area contributed by atoms with Crippen LogP contribution < -0.4 is 11.1 Å². The molecule has 2 rings (SSSR count). The number of amides is 1. The summed E-state index contributed by atoms with van der Waals surface area (Å²) < 4.78 is 0. The number of nitrogens with one attached hydrogen (secondary N) is 1. The Kier molecular flexibility index (Phi) is 3.25. The molecule has 3 nitrogen and oxygen atoms in total. The Morgan fingerprint density at radius 3 is 2.94 bits per heavy atom. The molecule has 16 heavy (non-hydrogen) atoms. The Morgan fingerprint density at radius 2 is 2.25 bits per heavy atom. The Bertz CT molecular complexity index is 412. The highest BCUT2D eigenvalue weighted by atomic mass is 16.1. The monoisotopic (exact) mass is 216 g/mol. The third-order valence-corrected chi connectivity index (χ3v) is 2.79. The van der Waals surface area contributed by atoms with Crippen LogP contribution in [-0.4, -0.2) is 5.91 Å². The van der Waals surface area contributed by atoms with Crippen molar-refractivity contribution in [1.29, 1.82) is 0 Å². The summed E-state index contributed by atoms with van der Waals surface area (Å²) in [5.74, 6) is 0.196. The third-order valence-electron chi connectivity index (χ3n) is 2.79. The molecule has 0 saturated carbocycles. The highest BCUT2D eigenvalue weighted by Gasteiger charge is 2.18. The predicted molar refractivity (Wildman–Crippen MR) is 66.0 cm³/mol. The lowest BCUT2D eigenvalue weighted by atomic mass is 9.93. The van der Waals surface area contributed by atoms with Crippen LogP contribution in [0.5, 0.6) is 0 Å². The highest BCUT2D eigenvalue weighted by Crippen LogP contribution is 2.20. The molecule has 1 aliphatic carbocycles. The van der Waals surface area contributed by atoms with E-state index >= 15 is 0 Å². The molecule has 84 valence electrons. The molecule has 1 atom stereocenters. The fourth-order valence-electron chi connectivity index (χ4n) is 1.89. The minimum absolute atomic E-state index is 0.0925. The molecule has 1 aromatic rings. The van der Waals surface area contributed by atoms with E-state index in [1.807, 2.05) is 12.1 Å². The van der Waals surface area contributed by atoms with Crippen LogP contribution in [0.1, 0.15) is 19.3 Å². The van der Waals surface area contributed by atoms with Crippen molar-refractivity contribution in [3.05, 3.63) is 36.4 Å². The number of allylic oxidation sites excluding steroid dienone is 2. The summed E-state index contributed by atoms with van der Waals surface area (Å²) in [6.45, 7) is 0. The number of nitrogens with two attached hydrogens (primary N) is 1. The maximum atomic E-state index is 11.9. The van der Waals surface area contributed by atoms with Crippen LogP contribution in [0.15, 0.2) is 36.4 Å². The van der Waals surface area contributed by atoms with Gasteiger partial charge < -0.3 is 11.1 Å².